The van der Waals surface area contributed by atoms with Crippen molar-refractivity contribution in [2.45, 2.75) is 91.4 Å². The van der Waals surface area contributed by atoms with Crippen LogP contribution in [0.3, 0.4) is 0 Å². The second kappa shape index (κ2) is 7.29. The lowest BCUT2D eigenvalue weighted by Crippen LogP contribution is -2.14. The number of hydrogen-bond donors (Lipinski definition) is 0. The van der Waals surface area contributed by atoms with Crippen molar-refractivity contribution in [3.8, 4) is 0 Å². The Balaban J connectivity index is 2.58. The summed E-state index contributed by atoms with van der Waals surface area (Å²) in [5.41, 5.74) is 8.44. The molecule has 0 unspecified atom stereocenters. The molecule has 0 saturated heterocycles. The summed E-state index contributed by atoms with van der Waals surface area (Å²) in [5, 5.41) is 0. The minimum atomic E-state index is 0.852. The zero-order valence-corrected chi connectivity index (χ0v) is 14.0. The molecule has 1 aromatic rings. The summed E-state index contributed by atoms with van der Waals surface area (Å²) in [6, 6.07) is 2.52. The monoisotopic (exact) mass is 272 g/mol. The van der Waals surface area contributed by atoms with E-state index in [4.69, 9.17) is 0 Å². The van der Waals surface area contributed by atoms with Gasteiger partial charge in [0.25, 0.3) is 0 Å². The van der Waals surface area contributed by atoms with Crippen LogP contribution in [0.1, 0.15) is 93.5 Å². The van der Waals surface area contributed by atoms with Crippen LogP contribution in [-0.2, 0) is 25.7 Å². The normalized spacial score (nSPS) is 16.6. The number of rotatable bonds is 5. The Kier molecular flexibility index (Phi) is 5.69. The van der Waals surface area contributed by atoms with Gasteiger partial charge in [0.1, 0.15) is 0 Å². The number of hydrogen-bond acceptors (Lipinski definition) is 0. The largest absolute Gasteiger partial charge is 0.0613 e. The highest BCUT2D eigenvalue weighted by molar-refractivity contribution is 5.48. The predicted molar refractivity (Wildman–Crippen MR) is 89.8 cm³/mol. The summed E-state index contributed by atoms with van der Waals surface area (Å²) in [7, 11) is 0. The highest BCUT2D eigenvalue weighted by Gasteiger charge is 2.23. The van der Waals surface area contributed by atoms with Crippen LogP contribution in [-0.4, -0.2) is 0 Å². The van der Waals surface area contributed by atoms with Gasteiger partial charge in [0.05, 0.1) is 0 Å². The Labute approximate surface area is 126 Å². The Morgan fingerprint density at radius 1 is 0.750 bits per heavy atom. The fraction of sp³-hybridized carbons (Fsp3) is 0.700. The summed E-state index contributed by atoms with van der Waals surface area (Å²) in [5.74, 6) is 0.852. The van der Waals surface area contributed by atoms with Gasteiger partial charge in [-0.2, -0.15) is 0 Å². The van der Waals surface area contributed by atoms with E-state index in [9.17, 15) is 0 Å². The molecule has 1 aliphatic carbocycles. The van der Waals surface area contributed by atoms with Crippen molar-refractivity contribution < 1.29 is 0 Å². The van der Waals surface area contributed by atoms with Gasteiger partial charge in [0.2, 0.25) is 0 Å². The highest BCUT2D eigenvalue weighted by Crippen LogP contribution is 2.39. The van der Waals surface area contributed by atoms with Crippen molar-refractivity contribution in [3.05, 3.63) is 33.9 Å². The van der Waals surface area contributed by atoms with Crippen LogP contribution in [0.5, 0.6) is 0 Å². The SMILES string of the molecule is CCc1cc(CC)c(CC)c(C2CCCCC2)c1CC. The molecule has 0 atom stereocenters. The summed E-state index contributed by atoms with van der Waals surface area (Å²) in [4.78, 5) is 0. The molecule has 20 heavy (non-hydrogen) atoms. The van der Waals surface area contributed by atoms with Crippen LogP contribution in [0.15, 0.2) is 6.07 Å². The Morgan fingerprint density at radius 2 is 1.25 bits per heavy atom. The maximum Gasteiger partial charge on any atom is -0.0156 e. The van der Waals surface area contributed by atoms with E-state index in [0.717, 1.165) is 5.92 Å². The molecule has 0 radical (unpaired) electrons. The Bertz CT molecular complexity index is 406. The second-order valence-electron chi connectivity index (χ2n) is 6.31. The van der Waals surface area contributed by atoms with Crippen LogP contribution in [0.4, 0.5) is 0 Å². The van der Waals surface area contributed by atoms with Crippen molar-refractivity contribution in [2.24, 2.45) is 0 Å². The molecule has 1 fully saturated rings. The second-order valence-corrected chi connectivity index (χ2v) is 6.31. The lowest BCUT2D eigenvalue weighted by Gasteiger charge is -2.29. The lowest BCUT2D eigenvalue weighted by atomic mass is 9.76. The quantitative estimate of drug-likeness (QED) is 0.618. The van der Waals surface area contributed by atoms with E-state index in [-0.39, 0.29) is 0 Å². The summed E-state index contributed by atoms with van der Waals surface area (Å²) >= 11 is 0. The van der Waals surface area contributed by atoms with Crippen LogP contribution < -0.4 is 0 Å². The molecule has 0 N–H and O–H groups in total. The molecular weight excluding hydrogens is 240 g/mol. The maximum atomic E-state index is 2.52. The molecule has 0 spiro atoms. The van der Waals surface area contributed by atoms with Crippen LogP contribution >= 0.6 is 0 Å². The van der Waals surface area contributed by atoms with Gasteiger partial charge < -0.3 is 0 Å². The van der Waals surface area contributed by atoms with E-state index < -0.39 is 0 Å². The van der Waals surface area contributed by atoms with Gasteiger partial charge >= 0.3 is 0 Å². The van der Waals surface area contributed by atoms with Crippen molar-refractivity contribution in [1.82, 2.24) is 0 Å². The smallest absolute Gasteiger partial charge is 0.0156 e. The summed E-state index contributed by atoms with van der Waals surface area (Å²) in [6.07, 6.45) is 12.0. The van der Waals surface area contributed by atoms with Crippen LogP contribution in [0.2, 0.25) is 0 Å². The molecule has 1 aromatic carbocycles. The molecule has 112 valence electrons. The topological polar surface area (TPSA) is 0 Å². The third-order valence-electron chi connectivity index (χ3n) is 5.26. The van der Waals surface area contributed by atoms with E-state index in [2.05, 4.69) is 33.8 Å². The molecule has 2 rings (SSSR count). The van der Waals surface area contributed by atoms with E-state index in [0.29, 0.717) is 0 Å². The van der Waals surface area contributed by atoms with Gasteiger partial charge in [-0.3, -0.25) is 0 Å². The third kappa shape index (κ3) is 2.95. The minimum absolute atomic E-state index is 0.852. The molecule has 1 aliphatic rings. The first-order valence-corrected chi connectivity index (χ1v) is 8.93. The van der Waals surface area contributed by atoms with Crippen molar-refractivity contribution in [1.29, 1.82) is 0 Å². The van der Waals surface area contributed by atoms with Crippen molar-refractivity contribution >= 4 is 0 Å². The Morgan fingerprint density at radius 3 is 1.65 bits per heavy atom. The van der Waals surface area contributed by atoms with Crippen molar-refractivity contribution in [2.75, 3.05) is 0 Å². The van der Waals surface area contributed by atoms with Gasteiger partial charge in [-0.05, 0) is 72.3 Å². The zero-order chi connectivity index (χ0) is 14.5. The average molecular weight is 272 g/mol. The maximum absolute atomic E-state index is 2.52. The van der Waals surface area contributed by atoms with Crippen LogP contribution in [0, 0.1) is 0 Å². The predicted octanol–water partition coefficient (Wildman–Crippen LogP) is 5.98. The first-order chi connectivity index (χ1) is 9.76. The molecule has 1 saturated carbocycles. The van der Waals surface area contributed by atoms with E-state index in [1.54, 1.807) is 27.8 Å². The first kappa shape index (κ1) is 15.6. The number of benzene rings is 1. The molecule has 0 heteroatoms. The molecule has 0 aromatic heterocycles. The van der Waals surface area contributed by atoms with Gasteiger partial charge in [-0.25, -0.2) is 0 Å². The fourth-order valence-corrected chi connectivity index (χ4v) is 4.26. The van der Waals surface area contributed by atoms with E-state index >= 15 is 0 Å². The van der Waals surface area contributed by atoms with Gasteiger partial charge in [0.15, 0.2) is 0 Å². The third-order valence-corrected chi connectivity index (χ3v) is 5.26. The minimum Gasteiger partial charge on any atom is -0.0613 e. The standard InChI is InChI=1S/C20H32/c1-5-15-14-16(6-2)19(8-4)20(18(15)7-3)17-12-10-9-11-13-17/h14,17H,5-13H2,1-4H3. The first-order valence-electron chi connectivity index (χ1n) is 8.93. The average Bonchev–Trinajstić information content (AvgIpc) is 2.53. The van der Waals surface area contributed by atoms with Crippen LogP contribution in [0.25, 0.3) is 0 Å². The number of aryl methyl sites for hydroxylation is 2. The molecule has 0 aliphatic heterocycles. The van der Waals surface area contributed by atoms with Crippen molar-refractivity contribution in [3.63, 3.8) is 0 Å². The molecular formula is C20H32. The Hall–Kier alpha value is -0.780. The summed E-state index contributed by atoms with van der Waals surface area (Å²) < 4.78 is 0. The lowest BCUT2D eigenvalue weighted by molar-refractivity contribution is 0.439. The fourth-order valence-electron chi connectivity index (χ4n) is 4.26. The van der Waals surface area contributed by atoms with E-state index in [1.165, 1.54) is 57.8 Å². The molecule has 0 heterocycles. The molecule has 0 bridgehead atoms. The molecule has 0 amide bonds. The highest BCUT2D eigenvalue weighted by atomic mass is 14.3. The van der Waals surface area contributed by atoms with Gasteiger partial charge in [0, 0.05) is 0 Å². The molecule has 0 nitrogen and oxygen atoms in total. The zero-order valence-electron chi connectivity index (χ0n) is 14.0. The summed E-state index contributed by atoms with van der Waals surface area (Å²) in [6.45, 7) is 9.35. The van der Waals surface area contributed by atoms with E-state index in [1.807, 2.05) is 0 Å². The van der Waals surface area contributed by atoms with Gasteiger partial charge in [-0.1, -0.05) is 53.0 Å². The van der Waals surface area contributed by atoms with Gasteiger partial charge in [-0.15, -0.1) is 0 Å².